The van der Waals surface area contributed by atoms with Crippen LogP contribution in [0.2, 0.25) is 0 Å². The van der Waals surface area contributed by atoms with Crippen molar-refractivity contribution >= 4 is 11.6 Å². The fraction of sp³-hybridized carbons (Fsp3) is 0.375. The van der Waals surface area contributed by atoms with Gasteiger partial charge in [-0.25, -0.2) is 4.68 Å². The summed E-state index contributed by atoms with van der Waals surface area (Å²) in [5.74, 6) is -0.145. The zero-order chi connectivity index (χ0) is 15.5. The molecule has 1 aromatic carbocycles. The van der Waals surface area contributed by atoms with Crippen LogP contribution in [0.15, 0.2) is 36.5 Å². The van der Waals surface area contributed by atoms with Crippen LogP contribution < -0.4 is 11.1 Å². The lowest BCUT2D eigenvalue weighted by Crippen LogP contribution is -2.27. The van der Waals surface area contributed by atoms with E-state index in [1.54, 1.807) is 29.1 Å². The van der Waals surface area contributed by atoms with Gasteiger partial charge in [-0.1, -0.05) is 20.8 Å². The molecular formula is C16H22N4O. The summed E-state index contributed by atoms with van der Waals surface area (Å²) in [4.78, 5) is 12.0. The lowest BCUT2D eigenvalue weighted by Gasteiger charge is -2.17. The normalized spacial score (nSPS) is 11.4. The number of benzene rings is 1. The number of carbonyl (C=O) groups excluding carboxylic acids is 1. The van der Waals surface area contributed by atoms with E-state index >= 15 is 0 Å². The van der Waals surface area contributed by atoms with Gasteiger partial charge in [0.2, 0.25) is 0 Å². The quantitative estimate of drug-likeness (QED) is 0.849. The van der Waals surface area contributed by atoms with Crippen LogP contribution in [0.4, 0.5) is 5.69 Å². The number of nitrogen functional groups attached to an aromatic ring is 1. The van der Waals surface area contributed by atoms with Crippen molar-refractivity contribution in [1.82, 2.24) is 15.1 Å². The summed E-state index contributed by atoms with van der Waals surface area (Å²) in [7, 11) is 0. The molecule has 0 aliphatic rings. The predicted molar refractivity (Wildman–Crippen MR) is 84.4 cm³/mol. The van der Waals surface area contributed by atoms with Crippen molar-refractivity contribution in [3.8, 4) is 5.69 Å². The van der Waals surface area contributed by atoms with Crippen molar-refractivity contribution in [1.29, 1.82) is 0 Å². The molecule has 5 nitrogen and oxygen atoms in total. The first kappa shape index (κ1) is 15.1. The van der Waals surface area contributed by atoms with E-state index in [1.807, 2.05) is 12.1 Å². The highest BCUT2D eigenvalue weighted by Gasteiger charge is 2.13. The predicted octanol–water partition coefficient (Wildman–Crippen LogP) is 2.62. The summed E-state index contributed by atoms with van der Waals surface area (Å²) < 4.78 is 1.66. The summed E-state index contributed by atoms with van der Waals surface area (Å²) in [6.07, 6.45) is 2.70. The van der Waals surface area contributed by atoms with Crippen LogP contribution in [0.1, 0.15) is 37.7 Å². The van der Waals surface area contributed by atoms with Gasteiger partial charge in [0.1, 0.15) is 0 Å². The number of hydrogen-bond acceptors (Lipinski definition) is 3. The summed E-state index contributed by atoms with van der Waals surface area (Å²) in [6.45, 7) is 7.09. The Labute approximate surface area is 125 Å². The molecule has 1 heterocycles. The molecule has 0 unspecified atom stereocenters. The number of nitrogens with zero attached hydrogens (tertiary/aromatic N) is 2. The number of rotatable bonds is 4. The molecular weight excluding hydrogens is 264 g/mol. The molecule has 0 fully saturated rings. The largest absolute Gasteiger partial charge is 0.399 e. The van der Waals surface area contributed by atoms with Gasteiger partial charge in [-0.3, -0.25) is 4.79 Å². The monoisotopic (exact) mass is 286 g/mol. The van der Waals surface area contributed by atoms with Gasteiger partial charge in [0.15, 0.2) is 5.69 Å². The minimum absolute atomic E-state index is 0.145. The summed E-state index contributed by atoms with van der Waals surface area (Å²) >= 11 is 0. The Hall–Kier alpha value is -2.30. The second kappa shape index (κ2) is 5.99. The maximum Gasteiger partial charge on any atom is 0.271 e. The smallest absolute Gasteiger partial charge is 0.271 e. The fourth-order valence-corrected chi connectivity index (χ4v) is 1.86. The van der Waals surface area contributed by atoms with Gasteiger partial charge in [-0.05, 0) is 42.2 Å². The van der Waals surface area contributed by atoms with E-state index in [9.17, 15) is 4.79 Å². The van der Waals surface area contributed by atoms with Crippen LogP contribution in [0.5, 0.6) is 0 Å². The summed E-state index contributed by atoms with van der Waals surface area (Å²) in [5, 5.41) is 7.18. The molecule has 0 saturated heterocycles. The molecule has 2 aromatic rings. The molecule has 0 atom stereocenters. The van der Waals surface area contributed by atoms with Crippen LogP contribution in [-0.4, -0.2) is 22.2 Å². The fourth-order valence-electron chi connectivity index (χ4n) is 1.86. The number of anilines is 1. The van der Waals surface area contributed by atoms with Gasteiger partial charge < -0.3 is 11.1 Å². The number of amides is 1. The molecule has 5 heteroatoms. The third-order valence-corrected chi connectivity index (χ3v) is 3.14. The van der Waals surface area contributed by atoms with Gasteiger partial charge in [0, 0.05) is 18.4 Å². The van der Waals surface area contributed by atoms with Crippen LogP contribution in [0, 0.1) is 5.41 Å². The Morgan fingerprint density at radius 3 is 2.52 bits per heavy atom. The van der Waals surface area contributed by atoms with E-state index in [0.29, 0.717) is 17.9 Å². The van der Waals surface area contributed by atoms with Crippen LogP contribution >= 0.6 is 0 Å². The van der Waals surface area contributed by atoms with Gasteiger partial charge in [-0.2, -0.15) is 5.10 Å². The van der Waals surface area contributed by atoms with E-state index in [-0.39, 0.29) is 11.3 Å². The van der Waals surface area contributed by atoms with Crippen molar-refractivity contribution in [2.75, 3.05) is 12.3 Å². The van der Waals surface area contributed by atoms with E-state index in [0.717, 1.165) is 12.1 Å². The third kappa shape index (κ3) is 4.34. The van der Waals surface area contributed by atoms with Crippen molar-refractivity contribution < 1.29 is 4.79 Å². The van der Waals surface area contributed by atoms with Crippen molar-refractivity contribution in [2.24, 2.45) is 5.41 Å². The van der Waals surface area contributed by atoms with E-state index in [4.69, 9.17) is 5.73 Å². The molecule has 0 radical (unpaired) electrons. The Kier molecular flexibility index (Phi) is 4.31. The molecule has 0 aliphatic heterocycles. The zero-order valence-corrected chi connectivity index (χ0v) is 12.8. The first-order chi connectivity index (χ1) is 9.85. The highest BCUT2D eigenvalue weighted by atomic mass is 16.1. The van der Waals surface area contributed by atoms with Gasteiger partial charge in [0.05, 0.1) is 5.69 Å². The average molecular weight is 286 g/mol. The van der Waals surface area contributed by atoms with Crippen LogP contribution in [-0.2, 0) is 0 Å². The maximum absolute atomic E-state index is 12.0. The van der Waals surface area contributed by atoms with Gasteiger partial charge in [-0.15, -0.1) is 0 Å². The van der Waals surface area contributed by atoms with E-state index in [2.05, 4.69) is 31.2 Å². The minimum atomic E-state index is -0.145. The lowest BCUT2D eigenvalue weighted by molar-refractivity contribution is 0.0944. The highest BCUT2D eigenvalue weighted by Crippen LogP contribution is 2.17. The number of nitrogens with two attached hydrogens (primary N) is 1. The number of nitrogens with one attached hydrogen (secondary N) is 1. The molecule has 2 rings (SSSR count). The van der Waals surface area contributed by atoms with Crippen LogP contribution in [0.25, 0.3) is 5.69 Å². The molecule has 21 heavy (non-hydrogen) atoms. The Balaban J connectivity index is 1.99. The number of carbonyl (C=O) groups is 1. The van der Waals surface area contributed by atoms with Crippen molar-refractivity contribution in [3.63, 3.8) is 0 Å². The summed E-state index contributed by atoms with van der Waals surface area (Å²) in [6, 6.07) is 9.05. The Morgan fingerprint density at radius 2 is 1.90 bits per heavy atom. The standard InChI is InChI=1S/C16H22N4O/c1-16(2,3)9-10-18-15(21)14-8-11-20(19-14)13-6-4-12(17)5-7-13/h4-8,11H,9-10,17H2,1-3H3,(H,18,21). The topological polar surface area (TPSA) is 72.9 Å². The van der Waals surface area contributed by atoms with E-state index in [1.165, 1.54) is 0 Å². The molecule has 0 bridgehead atoms. The van der Waals surface area contributed by atoms with Crippen LogP contribution in [0.3, 0.4) is 0 Å². The molecule has 3 N–H and O–H groups in total. The number of hydrogen-bond donors (Lipinski definition) is 2. The third-order valence-electron chi connectivity index (χ3n) is 3.14. The Morgan fingerprint density at radius 1 is 1.24 bits per heavy atom. The molecule has 0 spiro atoms. The van der Waals surface area contributed by atoms with Gasteiger partial charge in [0.25, 0.3) is 5.91 Å². The molecule has 0 saturated carbocycles. The van der Waals surface area contributed by atoms with Crippen molar-refractivity contribution in [3.05, 3.63) is 42.2 Å². The SMILES string of the molecule is CC(C)(C)CCNC(=O)c1ccn(-c2ccc(N)cc2)n1. The van der Waals surface area contributed by atoms with Gasteiger partial charge >= 0.3 is 0 Å². The average Bonchev–Trinajstić information content (AvgIpc) is 2.87. The second-order valence-corrected chi connectivity index (χ2v) is 6.30. The maximum atomic E-state index is 12.0. The summed E-state index contributed by atoms with van der Waals surface area (Å²) in [5.41, 5.74) is 7.85. The molecule has 0 aliphatic carbocycles. The highest BCUT2D eigenvalue weighted by molar-refractivity contribution is 5.92. The lowest BCUT2D eigenvalue weighted by atomic mass is 9.92. The van der Waals surface area contributed by atoms with E-state index < -0.39 is 0 Å². The Bertz CT molecular complexity index is 608. The first-order valence-electron chi connectivity index (χ1n) is 7.05. The number of aromatic nitrogens is 2. The minimum Gasteiger partial charge on any atom is -0.399 e. The molecule has 112 valence electrons. The van der Waals surface area contributed by atoms with Crippen molar-refractivity contribution in [2.45, 2.75) is 27.2 Å². The molecule has 1 aromatic heterocycles. The zero-order valence-electron chi connectivity index (χ0n) is 12.8. The molecule has 1 amide bonds. The second-order valence-electron chi connectivity index (χ2n) is 6.30. The first-order valence-corrected chi connectivity index (χ1v) is 7.05.